The fraction of sp³-hybridized carbons (Fsp3) is 0.382. The predicted octanol–water partition coefficient (Wildman–Crippen LogP) is 7.81. The van der Waals surface area contributed by atoms with Gasteiger partial charge in [0.1, 0.15) is 11.3 Å². The smallest absolute Gasteiger partial charge is 0.339 e. The molecule has 0 spiro atoms. The van der Waals surface area contributed by atoms with Gasteiger partial charge in [0.2, 0.25) is 0 Å². The molecule has 0 atom stereocenters. The van der Waals surface area contributed by atoms with E-state index in [1.807, 2.05) is 0 Å². The Morgan fingerprint density at radius 3 is 2.11 bits per heavy atom. The van der Waals surface area contributed by atoms with Crippen LogP contribution >= 0.6 is 0 Å². The summed E-state index contributed by atoms with van der Waals surface area (Å²) in [6.07, 6.45) is 11.2. The van der Waals surface area contributed by atoms with Crippen LogP contribution < -0.4 is 4.90 Å². The van der Waals surface area contributed by atoms with Crippen LogP contribution in [0.15, 0.2) is 66.7 Å². The molecule has 1 fully saturated rings. The summed E-state index contributed by atoms with van der Waals surface area (Å²) in [7, 11) is 0. The Kier molecular flexibility index (Phi) is 9.87. The zero-order chi connectivity index (χ0) is 26.7. The molecule has 38 heavy (non-hydrogen) atoms. The minimum atomic E-state index is -1.12. The number of benzene rings is 3. The summed E-state index contributed by atoms with van der Waals surface area (Å²) in [5.41, 5.74) is 5.27. The molecule has 0 aromatic heterocycles. The highest BCUT2D eigenvalue weighted by atomic mass is 16.4. The number of rotatable bonds is 11. The molecular formula is C34H39NO3. The van der Waals surface area contributed by atoms with Crippen molar-refractivity contribution in [3.63, 3.8) is 0 Å². The molecule has 4 nitrogen and oxygen atoms in total. The van der Waals surface area contributed by atoms with Crippen LogP contribution in [0.4, 0.5) is 5.69 Å². The molecule has 198 valence electrons. The summed E-state index contributed by atoms with van der Waals surface area (Å²) in [5, 5.41) is 19.6. The minimum absolute atomic E-state index is 0.0711. The maximum Gasteiger partial charge on any atom is 0.339 e. The maximum atomic E-state index is 11.4. The Bertz CT molecular complexity index is 1250. The van der Waals surface area contributed by atoms with E-state index in [0.717, 1.165) is 47.7 Å². The summed E-state index contributed by atoms with van der Waals surface area (Å²) in [6.45, 7) is 3.75. The number of aromatic hydroxyl groups is 1. The summed E-state index contributed by atoms with van der Waals surface area (Å²) in [4.78, 5) is 13.6. The van der Waals surface area contributed by atoms with Crippen LogP contribution in [0.2, 0.25) is 0 Å². The van der Waals surface area contributed by atoms with Crippen molar-refractivity contribution < 1.29 is 15.0 Å². The molecule has 0 radical (unpaired) electrons. The summed E-state index contributed by atoms with van der Waals surface area (Å²) in [5.74, 6) is 6.05. The van der Waals surface area contributed by atoms with Crippen LogP contribution in [-0.4, -0.2) is 22.7 Å². The average molecular weight is 510 g/mol. The molecule has 3 aromatic rings. The van der Waals surface area contributed by atoms with Gasteiger partial charge >= 0.3 is 5.97 Å². The zero-order valence-corrected chi connectivity index (χ0v) is 22.5. The van der Waals surface area contributed by atoms with Crippen molar-refractivity contribution in [3.05, 3.63) is 94.5 Å². The first kappa shape index (κ1) is 27.3. The van der Waals surface area contributed by atoms with Crippen LogP contribution in [0.25, 0.3) is 0 Å². The Morgan fingerprint density at radius 1 is 0.895 bits per heavy atom. The minimum Gasteiger partial charge on any atom is -0.507 e. The average Bonchev–Trinajstić information content (AvgIpc) is 3.45. The van der Waals surface area contributed by atoms with E-state index < -0.39 is 5.97 Å². The molecule has 4 rings (SSSR count). The number of carbonyl (C=O) groups is 1. The first-order chi connectivity index (χ1) is 18.5. The van der Waals surface area contributed by atoms with Gasteiger partial charge in [0, 0.05) is 36.0 Å². The van der Waals surface area contributed by atoms with E-state index in [9.17, 15) is 15.0 Å². The van der Waals surface area contributed by atoms with Gasteiger partial charge < -0.3 is 15.1 Å². The van der Waals surface area contributed by atoms with E-state index in [1.165, 1.54) is 56.6 Å². The highest BCUT2D eigenvalue weighted by Gasteiger charge is 2.17. The van der Waals surface area contributed by atoms with Crippen molar-refractivity contribution in [2.45, 2.75) is 71.3 Å². The second-order valence-corrected chi connectivity index (χ2v) is 10.5. The molecule has 0 bridgehead atoms. The van der Waals surface area contributed by atoms with E-state index in [2.05, 4.69) is 72.2 Å². The first-order valence-electron chi connectivity index (χ1n) is 14.0. The largest absolute Gasteiger partial charge is 0.507 e. The van der Waals surface area contributed by atoms with Crippen molar-refractivity contribution in [2.75, 3.05) is 11.4 Å². The molecule has 1 saturated carbocycles. The number of nitrogens with zero attached hydrogens (tertiary/aromatic N) is 1. The second kappa shape index (κ2) is 13.7. The number of carboxylic acids is 1. The van der Waals surface area contributed by atoms with E-state index >= 15 is 0 Å². The molecule has 0 saturated heterocycles. The van der Waals surface area contributed by atoms with Crippen LogP contribution in [0, 0.1) is 17.8 Å². The molecule has 0 aliphatic heterocycles. The fourth-order valence-electron chi connectivity index (χ4n) is 5.26. The molecular weight excluding hydrogens is 470 g/mol. The van der Waals surface area contributed by atoms with Crippen molar-refractivity contribution in [1.29, 1.82) is 0 Å². The third-order valence-corrected chi connectivity index (χ3v) is 7.54. The predicted molar refractivity (Wildman–Crippen MR) is 155 cm³/mol. The van der Waals surface area contributed by atoms with E-state index in [1.54, 1.807) is 12.1 Å². The highest BCUT2D eigenvalue weighted by Crippen LogP contribution is 2.30. The molecule has 1 aliphatic carbocycles. The summed E-state index contributed by atoms with van der Waals surface area (Å²) in [6, 6.07) is 21.7. The van der Waals surface area contributed by atoms with Gasteiger partial charge in [-0.05, 0) is 79.1 Å². The third-order valence-electron chi connectivity index (χ3n) is 7.54. The van der Waals surface area contributed by atoms with Crippen LogP contribution in [0.3, 0.4) is 0 Å². The topological polar surface area (TPSA) is 60.8 Å². The van der Waals surface area contributed by atoms with Gasteiger partial charge in [-0.1, -0.05) is 75.1 Å². The quantitative estimate of drug-likeness (QED) is 0.259. The number of carboxylic acid groups (broad SMARTS) is 1. The van der Waals surface area contributed by atoms with Gasteiger partial charge in [0.15, 0.2) is 0 Å². The Balaban J connectivity index is 1.43. The number of aryl methyl sites for hydroxylation is 1. The van der Waals surface area contributed by atoms with Gasteiger partial charge in [0.05, 0.1) is 0 Å². The lowest BCUT2D eigenvalue weighted by atomic mass is 10.0. The molecule has 0 heterocycles. The number of anilines is 1. The monoisotopic (exact) mass is 509 g/mol. The third kappa shape index (κ3) is 7.89. The van der Waals surface area contributed by atoms with Crippen molar-refractivity contribution in [1.82, 2.24) is 0 Å². The number of phenols is 1. The molecule has 0 amide bonds. The normalized spacial score (nSPS) is 13.2. The lowest BCUT2D eigenvalue weighted by Crippen LogP contribution is -2.24. The van der Waals surface area contributed by atoms with Crippen LogP contribution in [-0.2, 0) is 13.0 Å². The number of aromatic carboxylic acids is 1. The highest BCUT2D eigenvalue weighted by molar-refractivity contribution is 5.91. The van der Waals surface area contributed by atoms with Crippen LogP contribution in [0.1, 0.15) is 90.9 Å². The lowest BCUT2D eigenvalue weighted by molar-refractivity contribution is 0.0693. The summed E-state index contributed by atoms with van der Waals surface area (Å²) >= 11 is 0. The van der Waals surface area contributed by atoms with E-state index in [-0.39, 0.29) is 11.3 Å². The molecule has 0 unspecified atom stereocenters. The van der Waals surface area contributed by atoms with E-state index in [4.69, 9.17) is 0 Å². The molecule has 2 N–H and O–H groups in total. The van der Waals surface area contributed by atoms with Gasteiger partial charge in [-0.2, -0.15) is 0 Å². The maximum absolute atomic E-state index is 11.4. The Hall–Kier alpha value is -3.71. The first-order valence-corrected chi connectivity index (χ1v) is 14.0. The van der Waals surface area contributed by atoms with Gasteiger partial charge in [-0.15, -0.1) is 0 Å². The van der Waals surface area contributed by atoms with Crippen molar-refractivity contribution in [3.8, 4) is 17.6 Å². The number of hydrogen-bond donors (Lipinski definition) is 2. The Morgan fingerprint density at radius 2 is 1.53 bits per heavy atom. The number of hydrogen-bond acceptors (Lipinski definition) is 3. The van der Waals surface area contributed by atoms with Gasteiger partial charge in [0.25, 0.3) is 0 Å². The second-order valence-electron chi connectivity index (χ2n) is 10.5. The fourth-order valence-corrected chi connectivity index (χ4v) is 5.26. The van der Waals surface area contributed by atoms with Crippen molar-refractivity contribution >= 4 is 11.7 Å². The van der Waals surface area contributed by atoms with Gasteiger partial charge in [-0.25, -0.2) is 4.79 Å². The van der Waals surface area contributed by atoms with Crippen LogP contribution in [0.5, 0.6) is 5.75 Å². The SMILES string of the molecule is CCCCc1ccc(C#Cc2ccc(CN(CCCC3CCCC3)c3ccc(C(=O)O)c(O)c3)cc2)cc1. The molecule has 3 aromatic carbocycles. The van der Waals surface area contributed by atoms with E-state index in [0.29, 0.717) is 6.54 Å². The van der Waals surface area contributed by atoms with Crippen molar-refractivity contribution in [2.24, 2.45) is 5.92 Å². The zero-order valence-electron chi connectivity index (χ0n) is 22.5. The lowest BCUT2D eigenvalue weighted by Gasteiger charge is -2.26. The Labute approximate surface area is 227 Å². The van der Waals surface area contributed by atoms with Gasteiger partial charge in [-0.3, -0.25) is 0 Å². The number of unbranched alkanes of at least 4 members (excludes halogenated alkanes) is 1. The molecule has 4 heteroatoms. The molecule has 1 aliphatic rings. The summed E-state index contributed by atoms with van der Waals surface area (Å²) < 4.78 is 0. The standard InChI is InChI=1S/C34H39NO3/c1-2-3-7-27-11-13-28(14-12-27)15-16-29-17-19-30(20-18-29)25-35(23-6-10-26-8-4-5-9-26)31-21-22-32(34(37)38)33(36)24-31/h11-14,17-22,24,26,36H,2-10,23,25H2,1H3,(H,37,38).